The van der Waals surface area contributed by atoms with Gasteiger partial charge in [0.15, 0.2) is 0 Å². The zero-order valence-electron chi connectivity index (χ0n) is 9.20. The summed E-state index contributed by atoms with van der Waals surface area (Å²) in [6.07, 6.45) is 2.20. The third-order valence-corrected chi connectivity index (χ3v) is 2.33. The minimum absolute atomic E-state index is 0.0596. The van der Waals surface area contributed by atoms with E-state index in [9.17, 15) is 14.3 Å². The molecule has 0 spiro atoms. The van der Waals surface area contributed by atoms with Gasteiger partial charge >= 0.3 is 5.97 Å². The molecular weight excluding hydrogens is 211 g/mol. The number of phenolic OH excluding ortho intramolecular Hbond substituents is 1. The summed E-state index contributed by atoms with van der Waals surface area (Å²) in [5.41, 5.74) is 0.477. The van der Waals surface area contributed by atoms with Crippen molar-refractivity contribution in [3.05, 3.63) is 29.6 Å². The molecule has 16 heavy (non-hydrogen) atoms. The predicted molar refractivity (Wildman–Crippen MR) is 57.6 cm³/mol. The van der Waals surface area contributed by atoms with E-state index in [2.05, 4.69) is 4.74 Å². The van der Waals surface area contributed by atoms with Gasteiger partial charge in [0.2, 0.25) is 0 Å². The SMILES string of the molecule is COC(=O)CCCCc1cc(O)ccc1F. The number of benzene rings is 1. The molecule has 0 radical (unpaired) electrons. The van der Waals surface area contributed by atoms with Crippen LogP contribution in [0.15, 0.2) is 18.2 Å². The van der Waals surface area contributed by atoms with Crippen molar-refractivity contribution in [2.45, 2.75) is 25.7 Å². The first-order valence-electron chi connectivity index (χ1n) is 5.17. The number of ether oxygens (including phenoxy) is 1. The Labute approximate surface area is 93.9 Å². The zero-order chi connectivity index (χ0) is 12.0. The van der Waals surface area contributed by atoms with Gasteiger partial charge in [0, 0.05) is 6.42 Å². The van der Waals surface area contributed by atoms with Gasteiger partial charge in [0.1, 0.15) is 11.6 Å². The number of aryl methyl sites for hydroxylation is 1. The largest absolute Gasteiger partial charge is 0.508 e. The number of unbranched alkanes of at least 4 members (excludes halogenated alkanes) is 1. The number of hydrogen-bond acceptors (Lipinski definition) is 3. The van der Waals surface area contributed by atoms with Gasteiger partial charge in [-0.1, -0.05) is 0 Å². The smallest absolute Gasteiger partial charge is 0.305 e. The summed E-state index contributed by atoms with van der Waals surface area (Å²) in [5, 5.41) is 9.18. The highest BCUT2D eigenvalue weighted by molar-refractivity contribution is 5.68. The van der Waals surface area contributed by atoms with Crippen molar-refractivity contribution >= 4 is 5.97 Å². The normalized spacial score (nSPS) is 10.1. The van der Waals surface area contributed by atoms with Crippen molar-refractivity contribution in [3.8, 4) is 5.75 Å². The maximum Gasteiger partial charge on any atom is 0.305 e. The van der Waals surface area contributed by atoms with Crippen LogP contribution in [0, 0.1) is 5.82 Å². The molecule has 0 atom stereocenters. The van der Waals surface area contributed by atoms with Crippen molar-refractivity contribution in [2.24, 2.45) is 0 Å². The number of phenols is 1. The molecule has 0 bridgehead atoms. The van der Waals surface area contributed by atoms with Crippen LogP contribution in [0.1, 0.15) is 24.8 Å². The van der Waals surface area contributed by atoms with E-state index in [1.807, 2.05) is 0 Å². The number of carbonyl (C=O) groups is 1. The minimum Gasteiger partial charge on any atom is -0.508 e. The van der Waals surface area contributed by atoms with Crippen LogP contribution in [0.4, 0.5) is 4.39 Å². The lowest BCUT2D eigenvalue weighted by Gasteiger charge is -2.03. The van der Waals surface area contributed by atoms with E-state index in [1.54, 1.807) is 0 Å². The molecular formula is C12H15FO3. The second-order valence-corrected chi connectivity index (χ2v) is 3.56. The summed E-state index contributed by atoms with van der Waals surface area (Å²) < 4.78 is 17.7. The summed E-state index contributed by atoms with van der Waals surface area (Å²) in [5.74, 6) is -0.517. The van der Waals surface area contributed by atoms with E-state index in [0.717, 1.165) is 0 Å². The average molecular weight is 226 g/mol. The summed E-state index contributed by atoms with van der Waals surface area (Å²) in [4.78, 5) is 10.8. The maximum atomic E-state index is 13.2. The molecule has 0 saturated heterocycles. The van der Waals surface area contributed by atoms with Crippen molar-refractivity contribution in [3.63, 3.8) is 0 Å². The van der Waals surface area contributed by atoms with Gasteiger partial charge in [-0.05, 0) is 43.0 Å². The van der Waals surface area contributed by atoms with Crippen LogP contribution in [0.25, 0.3) is 0 Å². The molecule has 1 rings (SSSR count). The van der Waals surface area contributed by atoms with Gasteiger partial charge < -0.3 is 9.84 Å². The summed E-state index contributed by atoms with van der Waals surface area (Å²) >= 11 is 0. The number of esters is 1. The Morgan fingerprint density at radius 3 is 2.88 bits per heavy atom. The monoisotopic (exact) mass is 226 g/mol. The summed E-state index contributed by atoms with van der Waals surface area (Å²) in [6, 6.07) is 3.96. The molecule has 0 aliphatic rings. The average Bonchev–Trinajstić information content (AvgIpc) is 2.28. The highest BCUT2D eigenvalue weighted by Gasteiger charge is 2.04. The molecule has 4 heteroatoms. The van der Waals surface area contributed by atoms with Gasteiger partial charge in [0.05, 0.1) is 7.11 Å². The first-order chi connectivity index (χ1) is 7.63. The van der Waals surface area contributed by atoms with E-state index in [-0.39, 0.29) is 17.5 Å². The number of halogens is 1. The predicted octanol–water partition coefficient (Wildman–Crippen LogP) is 2.42. The number of rotatable bonds is 5. The second-order valence-electron chi connectivity index (χ2n) is 3.56. The quantitative estimate of drug-likeness (QED) is 0.619. The zero-order valence-corrected chi connectivity index (χ0v) is 9.20. The number of aromatic hydroxyl groups is 1. The molecule has 1 N–H and O–H groups in total. The molecule has 0 unspecified atom stereocenters. The molecule has 1 aromatic carbocycles. The molecule has 88 valence electrons. The summed E-state index contributed by atoms with van der Waals surface area (Å²) in [7, 11) is 1.34. The molecule has 0 aliphatic carbocycles. The van der Waals surface area contributed by atoms with E-state index < -0.39 is 0 Å². The molecule has 0 amide bonds. The molecule has 0 heterocycles. The van der Waals surface area contributed by atoms with Crippen LogP contribution in [-0.4, -0.2) is 18.2 Å². The number of hydrogen-bond donors (Lipinski definition) is 1. The Bertz CT molecular complexity index is 363. The van der Waals surface area contributed by atoms with Crippen LogP contribution < -0.4 is 0 Å². The number of carbonyl (C=O) groups excluding carboxylic acids is 1. The van der Waals surface area contributed by atoms with E-state index in [1.165, 1.54) is 25.3 Å². The lowest BCUT2D eigenvalue weighted by molar-refractivity contribution is -0.140. The maximum absolute atomic E-state index is 13.2. The molecule has 0 aliphatic heterocycles. The molecule has 3 nitrogen and oxygen atoms in total. The molecule has 0 aromatic heterocycles. The number of methoxy groups -OCH3 is 1. The van der Waals surface area contributed by atoms with Gasteiger partial charge in [-0.2, -0.15) is 0 Å². The van der Waals surface area contributed by atoms with Gasteiger partial charge in [-0.3, -0.25) is 4.79 Å². The van der Waals surface area contributed by atoms with Gasteiger partial charge in [-0.25, -0.2) is 4.39 Å². The van der Waals surface area contributed by atoms with E-state index >= 15 is 0 Å². The van der Waals surface area contributed by atoms with Crippen molar-refractivity contribution < 1.29 is 19.0 Å². The van der Waals surface area contributed by atoms with E-state index in [0.29, 0.717) is 31.2 Å². The van der Waals surface area contributed by atoms with Crippen LogP contribution in [0.5, 0.6) is 5.75 Å². The molecule has 0 fully saturated rings. The molecule has 0 saturated carbocycles. The second kappa shape index (κ2) is 6.10. The first-order valence-corrected chi connectivity index (χ1v) is 5.17. The third kappa shape index (κ3) is 3.88. The Morgan fingerprint density at radius 2 is 2.19 bits per heavy atom. The van der Waals surface area contributed by atoms with Crippen LogP contribution in [-0.2, 0) is 16.0 Å². The minimum atomic E-state index is -0.323. The Morgan fingerprint density at radius 1 is 1.44 bits per heavy atom. The van der Waals surface area contributed by atoms with Crippen LogP contribution >= 0.6 is 0 Å². The lowest BCUT2D eigenvalue weighted by Crippen LogP contribution is -2.00. The highest BCUT2D eigenvalue weighted by Crippen LogP contribution is 2.17. The van der Waals surface area contributed by atoms with E-state index in [4.69, 9.17) is 0 Å². The van der Waals surface area contributed by atoms with Crippen molar-refractivity contribution in [1.29, 1.82) is 0 Å². The van der Waals surface area contributed by atoms with Crippen molar-refractivity contribution in [1.82, 2.24) is 0 Å². The van der Waals surface area contributed by atoms with Gasteiger partial charge in [0.25, 0.3) is 0 Å². The Hall–Kier alpha value is -1.58. The molecule has 1 aromatic rings. The van der Waals surface area contributed by atoms with Crippen LogP contribution in [0.3, 0.4) is 0 Å². The Kier molecular flexibility index (Phi) is 4.76. The fourth-order valence-electron chi connectivity index (χ4n) is 1.44. The van der Waals surface area contributed by atoms with Gasteiger partial charge in [-0.15, -0.1) is 0 Å². The Balaban J connectivity index is 2.37. The summed E-state index contributed by atoms with van der Waals surface area (Å²) in [6.45, 7) is 0. The topological polar surface area (TPSA) is 46.5 Å². The fraction of sp³-hybridized carbons (Fsp3) is 0.417. The van der Waals surface area contributed by atoms with Crippen LogP contribution in [0.2, 0.25) is 0 Å². The first kappa shape index (κ1) is 12.5. The van der Waals surface area contributed by atoms with Crippen molar-refractivity contribution in [2.75, 3.05) is 7.11 Å². The lowest BCUT2D eigenvalue weighted by atomic mass is 10.1. The fourth-order valence-corrected chi connectivity index (χ4v) is 1.44. The standard InChI is InChI=1S/C12H15FO3/c1-16-12(15)5-3-2-4-9-8-10(14)6-7-11(9)13/h6-8,14H,2-5H2,1H3. The third-order valence-electron chi connectivity index (χ3n) is 2.33. The highest BCUT2D eigenvalue weighted by atomic mass is 19.1.